The summed E-state index contributed by atoms with van der Waals surface area (Å²) in [5, 5.41) is 4.05. The lowest BCUT2D eigenvalue weighted by molar-refractivity contribution is -0.203. The number of nitrogens with zero attached hydrogens (tertiary/aromatic N) is 1. The van der Waals surface area contributed by atoms with Crippen LogP contribution in [0.4, 0.5) is 0 Å². The Labute approximate surface area is 83.4 Å². The zero-order valence-corrected chi connectivity index (χ0v) is 8.79. The Bertz CT molecular complexity index is 245. The number of carbonyl (C=O) groups excluding carboxylic acids is 2. The lowest BCUT2D eigenvalue weighted by Gasteiger charge is -2.27. The third kappa shape index (κ3) is 2.99. The minimum absolute atomic E-state index is 0.113. The first-order chi connectivity index (χ1) is 6.39. The van der Waals surface area contributed by atoms with E-state index in [9.17, 15) is 9.59 Å². The first kappa shape index (κ1) is 11.0. The average Bonchev–Trinajstić information content (AvgIpc) is 2.02. The van der Waals surface area contributed by atoms with E-state index >= 15 is 0 Å². The summed E-state index contributed by atoms with van der Waals surface area (Å²) in [5.74, 6) is -0.426. The molecule has 1 aliphatic heterocycles. The van der Waals surface area contributed by atoms with Crippen LogP contribution in [0, 0.1) is 5.41 Å². The van der Waals surface area contributed by atoms with Gasteiger partial charge in [-0.15, -0.1) is 5.06 Å². The van der Waals surface area contributed by atoms with Crippen LogP contribution in [-0.2, 0) is 14.4 Å². The summed E-state index contributed by atoms with van der Waals surface area (Å²) < 4.78 is 0. The minimum atomic E-state index is -0.534. The summed E-state index contributed by atoms with van der Waals surface area (Å²) in [6.45, 7) is 6.53. The third-order valence-corrected chi connectivity index (χ3v) is 1.83. The molecule has 0 aromatic rings. The Morgan fingerprint density at radius 1 is 1.50 bits per heavy atom. The average molecular weight is 200 g/mol. The second-order valence-electron chi connectivity index (χ2n) is 4.34. The van der Waals surface area contributed by atoms with Gasteiger partial charge >= 0.3 is 5.97 Å². The monoisotopic (exact) mass is 200 g/mol. The standard InChI is InChI=1S/C9H16N2O3/c1-9(2,3)8(13)14-11-5-4-10-7(12)6-11/h4-6H2,1-3H3,(H,10,12). The lowest BCUT2D eigenvalue weighted by Crippen LogP contribution is -2.49. The van der Waals surface area contributed by atoms with E-state index in [0.29, 0.717) is 13.1 Å². The zero-order valence-electron chi connectivity index (χ0n) is 8.79. The van der Waals surface area contributed by atoms with Gasteiger partial charge in [0.05, 0.1) is 12.0 Å². The van der Waals surface area contributed by atoms with Gasteiger partial charge in [-0.05, 0) is 20.8 Å². The fraction of sp³-hybridized carbons (Fsp3) is 0.778. The highest BCUT2D eigenvalue weighted by molar-refractivity contribution is 5.79. The molecule has 80 valence electrons. The Morgan fingerprint density at radius 2 is 2.14 bits per heavy atom. The van der Waals surface area contributed by atoms with Crippen LogP contribution in [0.1, 0.15) is 20.8 Å². The molecule has 0 atom stereocenters. The molecule has 1 fully saturated rings. The van der Waals surface area contributed by atoms with E-state index < -0.39 is 5.41 Å². The molecule has 1 heterocycles. The second kappa shape index (κ2) is 3.96. The number of piperazine rings is 1. The van der Waals surface area contributed by atoms with Crippen molar-refractivity contribution in [1.29, 1.82) is 0 Å². The van der Waals surface area contributed by atoms with Crippen molar-refractivity contribution in [2.45, 2.75) is 20.8 Å². The predicted molar refractivity (Wildman–Crippen MR) is 50.1 cm³/mol. The highest BCUT2D eigenvalue weighted by Crippen LogP contribution is 2.16. The number of rotatable bonds is 1. The number of hydroxylamine groups is 2. The molecule has 0 aliphatic carbocycles. The molecule has 0 saturated carbocycles. The first-order valence-electron chi connectivity index (χ1n) is 4.63. The van der Waals surface area contributed by atoms with Crippen LogP contribution in [0.15, 0.2) is 0 Å². The van der Waals surface area contributed by atoms with Crippen LogP contribution in [0.3, 0.4) is 0 Å². The number of carbonyl (C=O) groups is 2. The second-order valence-corrected chi connectivity index (χ2v) is 4.34. The van der Waals surface area contributed by atoms with Crippen LogP contribution < -0.4 is 5.32 Å². The lowest BCUT2D eigenvalue weighted by atomic mass is 9.98. The van der Waals surface area contributed by atoms with Crippen LogP contribution >= 0.6 is 0 Å². The van der Waals surface area contributed by atoms with Crippen molar-refractivity contribution < 1.29 is 14.4 Å². The first-order valence-corrected chi connectivity index (χ1v) is 4.63. The van der Waals surface area contributed by atoms with Crippen molar-refractivity contribution in [3.63, 3.8) is 0 Å². The molecule has 0 aromatic heterocycles. The minimum Gasteiger partial charge on any atom is -0.367 e. The van der Waals surface area contributed by atoms with Crippen LogP contribution in [0.25, 0.3) is 0 Å². The maximum Gasteiger partial charge on any atom is 0.330 e. The molecule has 0 unspecified atom stereocenters. The van der Waals surface area contributed by atoms with Crippen LogP contribution in [0.5, 0.6) is 0 Å². The van der Waals surface area contributed by atoms with Crippen molar-refractivity contribution in [3.8, 4) is 0 Å². The van der Waals surface area contributed by atoms with Gasteiger partial charge in [0.15, 0.2) is 0 Å². The van der Waals surface area contributed by atoms with Crippen LogP contribution in [-0.4, -0.2) is 36.6 Å². The predicted octanol–water partition coefficient (Wildman–Crippen LogP) is -0.0775. The molecule has 0 spiro atoms. The molecule has 0 bridgehead atoms. The third-order valence-electron chi connectivity index (χ3n) is 1.83. The Balaban J connectivity index is 2.44. The van der Waals surface area contributed by atoms with Gasteiger partial charge in [0, 0.05) is 6.54 Å². The largest absolute Gasteiger partial charge is 0.367 e. The van der Waals surface area contributed by atoms with Gasteiger partial charge < -0.3 is 10.2 Å². The van der Waals surface area contributed by atoms with Gasteiger partial charge in [0.25, 0.3) is 0 Å². The summed E-state index contributed by atoms with van der Waals surface area (Å²) in [6.07, 6.45) is 0. The normalized spacial score (nSPS) is 18.9. The molecular weight excluding hydrogens is 184 g/mol. The van der Waals surface area contributed by atoms with E-state index in [1.165, 1.54) is 5.06 Å². The number of amides is 1. The van der Waals surface area contributed by atoms with Crippen LogP contribution in [0.2, 0.25) is 0 Å². The molecule has 1 aliphatic rings. The maximum absolute atomic E-state index is 11.4. The number of nitrogens with one attached hydrogen (secondary N) is 1. The van der Waals surface area contributed by atoms with Gasteiger partial charge in [-0.25, -0.2) is 4.79 Å². The summed E-state index contributed by atoms with van der Waals surface area (Å²) in [4.78, 5) is 27.5. The zero-order chi connectivity index (χ0) is 10.8. The van der Waals surface area contributed by atoms with Crippen molar-refractivity contribution in [2.75, 3.05) is 19.6 Å². The molecule has 0 radical (unpaired) electrons. The van der Waals surface area contributed by atoms with Crippen molar-refractivity contribution >= 4 is 11.9 Å². The van der Waals surface area contributed by atoms with Crippen molar-refractivity contribution in [2.24, 2.45) is 5.41 Å². The van der Waals surface area contributed by atoms with Crippen molar-refractivity contribution in [3.05, 3.63) is 0 Å². The molecule has 1 saturated heterocycles. The smallest absolute Gasteiger partial charge is 0.330 e. The highest BCUT2D eigenvalue weighted by Gasteiger charge is 2.27. The van der Waals surface area contributed by atoms with Gasteiger partial charge in [0.1, 0.15) is 6.54 Å². The van der Waals surface area contributed by atoms with E-state index in [0.717, 1.165) is 0 Å². The number of hydrogen-bond donors (Lipinski definition) is 1. The summed E-state index contributed by atoms with van der Waals surface area (Å²) >= 11 is 0. The quantitative estimate of drug-likeness (QED) is 0.643. The molecule has 1 N–H and O–H groups in total. The SMILES string of the molecule is CC(C)(C)C(=O)ON1CCNC(=O)C1. The molecule has 5 nitrogen and oxygen atoms in total. The highest BCUT2D eigenvalue weighted by atomic mass is 16.7. The fourth-order valence-electron chi connectivity index (χ4n) is 0.947. The Morgan fingerprint density at radius 3 is 2.64 bits per heavy atom. The molecule has 1 amide bonds. The van der Waals surface area contributed by atoms with Gasteiger partial charge in [-0.1, -0.05) is 0 Å². The Hall–Kier alpha value is -1.10. The molecular formula is C9H16N2O3. The Kier molecular flexibility index (Phi) is 3.10. The molecule has 14 heavy (non-hydrogen) atoms. The molecule has 5 heteroatoms. The van der Waals surface area contributed by atoms with E-state index in [4.69, 9.17) is 4.84 Å². The summed E-state index contributed by atoms with van der Waals surface area (Å²) in [6, 6.07) is 0. The molecule has 1 rings (SSSR count). The molecule has 0 aromatic carbocycles. The van der Waals surface area contributed by atoms with E-state index in [2.05, 4.69) is 5.32 Å². The van der Waals surface area contributed by atoms with Crippen molar-refractivity contribution in [1.82, 2.24) is 10.4 Å². The maximum atomic E-state index is 11.4. The fourth-order valence-corrected chi connectivity index (χ4v) is 0.947. The number of hydrogen-bond acceptors (Lipinski definition) is 4. The van der Waals surface area contributed by atoms with E-state index in [1.54, 1.807) is 20.8 Å². The summed E-state index contributed by atoms with van der Waals surface area (Å²) in [5.41, 5.74) is -0.534. The van der Waals surface area contributed by atoms with E-state index in [-0.39, 0.29) is 18.4 Å². The van der Waals surface area contributed by atoms with Gasteiger partial charge in [-0.3, -0.25) is 4.79 Å². The topological polar surface area (TPSA) is 58.6 Å². The summed E-state index contributed by atoms with van der Waals surface area (Å²) in [7, 11) is 0. The van der Waals surface area contributed by atoms with Gasteiger partial charge in [-0.2, -0.15) is 0 Å². The van der Waals surface area contributed by atoms with Gasteiger partial charge in [0.2, 0.25) is 5.91 Å². The van der Waals surface area contributed by atoms with E-state index in [1.807, 2.05) is 0 Å².